The molecule has 0 saturated heterocycles. The van der Waals surface area contributed by atoms with Gasteiger partial charge in [0.15, 0.2) is 23.5 Å². The summed E-state index contributed by atoms with van der Waals surface area (Å²) in [6.45, 7) is 12.4. The van der Waals surface area contributed by atoms with Gasteiger partial charge >= 0.3 is 0 Å². The molecule has 0 saturated carbocycles. The zero-order valence-electron chi connectivity index (χ0n) is 38.2. The van der Waals surface area contributed by atoms with E-state index < -0.39 is 11.1 Å². The van der Waals surface area contributed by atoms with Gasteiger partial charge in [0.05, 0.1) is 0 Å². The van der Waals surface area contributed by atoms with Crippen molar-refractivity contribution in [2.75, 3.05) is 39.6 Å². The van der Waals surface area contributed by atoms with Gasteiger partial charge in [0.25, 0.3) is 0 Å². The molecule has 0 aromatic rings. The van der Waals surface area contributed by atoms with E-state index in [0.29, 0.717) is 77.0 Å². The Bertz CT molecular complexity index is 1860. The number of aliphatic hydroxyl groups is 6. The van der Waals surface area contributed by atoms with Gasteiger partial charge in [0.1, 0.15) is 0 Å². The fraction of sp³-hybridized carbons (Fsp3) is 0.538. The number of aliphatic hydroxyl groups excluding tert-OH is 6. The van der Waals surface area contributed by atoms with Crippen LogP contribution in [0.25, 0.3) is 34.4 Å². The Morgan fingerprint density at radius 2 is 0.758 bits per heavy atom. The van der Waals surface area contributed by atoms with Crippen LogP contribution in [0.1, 0.15) is 161 Å². The molecule has 0 unspecified atom stereocenters. The minimum absolute atomic E-state index is 0.0636. The maximum atomic E-state index is 14.5. The summed E-state index contributed by atoms with van der Waals surface area (Å²) in [5, 5.41) is 87.9. The van der Waals surface area contributed by atoms with Gasteiger partial charge in [-0.05, 0) is 132 Å². The van der Waals surface area contributed by atoms with Crippen molar-refractivity contribution in [3.63, 3.8) is 0 Å². The first-order valence-electron chi connectivity index (χ1n) is 22.9. The second-order valence-corrected chi connectivity index (χ2v) is 18.0. The van der Waals surface area contributed by atoms with Crippen LogP contribution >= 0.6 is 0 Å². The van der Waals surface area contributed by atoms with Crippen LogP contribution in [-0.2, 0) is 0 Å². The number of aryl methyl sites for hydroxylation is 2. The third-order valence-corrected chi connectivity index (χ3v) is 12.8. The predicted octanol–water partition coefficient (Wildman–Crippen LogP) is 8.90. The lowest BCUT2D eigenvalue weighted by atomic mass is 9.84. The summed E-state index contributed by atoms with van der Waals surface area (Å²) in [5.41, 5.74) is 9.81. The molecule has 0 bridgehead atoms. The normalized spacial score (nSPS) is 13.3. The van der Waals surface area contributed by atoms with Crippen molar-refractivity contribution < 1.29 is 40.1 Å². The lowest BCUT2D eigenvalue weighted by molar-refractivity contribution is -0.551. The fourth-order valence-corrected chi connectivity index (χ4v) is 9.23. The maximum absolute atomic E-state index is 14.5. The van der Waals surface area contributed by atoms with E-state index in [1.165, 1.54) is 0 Å². The Balaban J connectivity index is 2.00. The van der Waals surface area contributed by atoms with E-state index in [0.717, 1.165) is 76.2 Å². The molecular weight excluding hydrogens is 781 g/mol. The molecule has 0 spiro atoms. The molecule has 0 heterocycles. The van der Waals surface area contributed by atoms with Crippen LogP contribution in [0.15, 0.2) is 48.5 Å². The zero-order valence-corrected chi connectivity index (χ0v) is 38.2. The molecule has 0 fully saturated rings. The van der Waals surface area contributed by atoms with Gasteiger partial charge < -0.3 is 41.1 Å². The lowest BCUT2D eigenvalue weighted by Crippen LogP contribution is -2.41. The molecule has 0 aliphatic heterocycles. The van der Waals surface area contributed by atoms with Crippen LogP contribution in [0.4, 0.5) is 0 Å². The number of hydrogen-bond acceptors (Lipinski definition) is 8. The van der Waals surface area contributed by atoms with E-state index >= 15 is 0 Å². The molecule has 4 aliphatic carbocycles. The SMILES string of the molecule is Cc1ccc(C(C)C)cc2c(/C=[N+](\[O-])C(CCCO)(CCCO)CCCO)cc(/C=C/c3cc(/C=[N+](\[O-])C(CCCO)(CCCO)CCCO)c4cc(C(C)C)ccc(C)c3-4)c1-2. The molecule has 0 amide bonds. The van der Waals surface area contributed by atoms with Gasteiger partial charge in [-0.3, -0.25) is 0 Å². The molecule has 6 N–H and O–H groups in total. The monoisotopic (exact) mass is 855 g/mol. The van der Waals surface area contributed by atoms with E-state index in [1.807, 2.05) is 0 Å². The lowest BCUT2D eigenvalue weighted by Gasteiger charge is -2.32. The van der Waals surface area contributed by atoms with Crippen molar-refractivity contribution in [1.82, 2.24) is 0 Å². The van der Waals surface area contributed by atoms with Crippen LogP contribution in [0, 0.1) is 24.3 Å². The van der Waals surface area contributed by atoms with Crippen LogP contribution in [0.3, 0.4) is 0 Å². The van der Waals surface area contributed by atoms with Crippen molar-refractivity contribution >= 4 is 24.6 Å². The van der Waals surface area contributed by atoms with Crippen molar-refractivity contribution in [3.8, 4) is 22.3 Å². The van der Waals surface area contributed by atoms with E-state index in [1.54, 1.807) is 12.4 Å². The third-order valence-electron chi connectivity index (χ3n) is 12.8. The van der Waals surface area contributed by atoms with Crippen LogP contribution in [0.5, 0.6) is 0 Å². The Morgan fingerprint density at radius 3 is 1.02 bits per heavy atom. The van der Waals surface area contributed by atoms with E-state index in [2.05, 4.69) is 102 Å². The quantitative estimate of drug-likeness (QED) is 0.0157. The molecule has 10 heteroatoms. The first kappa shape index (κ1) is 50.5. The van der Waals surface area contributed by atoms with Gasteiger partial charge in [-0.2, -0.15) is 0 Å². The molecule has 0 aromatic carbocycles. The molecule has 4 aliphatic rings. The summed E-state index contributed by atoms with van der Waals surface area (Å²) in [6, 6.07) is 17.0. The van der Waals surface area contributed by atoms with Gasteiger partial charge in [0.2, 0.25) is 0 Å². The molecule has 340 valence electrons. The summed E-state index contributed by atoms with van der Waals surface area (Å²) in [7, 11) is 0. The van der Waals surface area contributed by atoms with Crippen molar-refractivity contribution in [2.24, 2.45) is 0 Å². The molecule has 10 nitrogen and oxygen atoms in total. The van der Waals surface area contributed by atoms with Gasteiger partial charge in [-0.1, -0.05) is 76.2 Å². The fourth-order valence-electron chi connectivity index (χ4n) is 9.23. The number of nitrogens with zero attached hydrogens (tertiary/aromatic N) is 2. The average molecular weight is 855 g/mol. The Labute approximate surface area is 370 Å². The highest BCUT2D eigenvalue weighted by molar-refractivity contribution is 6.00. The standard InChI is InChI=1S/C52H74N2O8/c1-37(2)41-15-13-39(5)49-43(31-45(47(49)33-41)35-53(61)51(19-7-25-55,20-8-26-56)21-9-27-57)17-18-44-32-46(48-34-42(38(3)4)16-14-40(6)50(44)48)36-54(62)52(22-10-28-58,23-11-29-59)24-12-30-60/h13-18,31-38,55-60H,7-12,19-30H2,1-6H3/b18-17+,53-35-,54-36-. The zero-order chi connectivity index (χ0) is 45.5. The number of fused-ring (bicyclic) bond motifs is 2. The number of hydroxylamine groups is 2. The minimum Gasteiger partial charge on any atom is -0.623 e. The smallest absolute Gasteiger partial charge is 0.182 e. The Hall–Kier alpha value is -4.16. The topological polar surface area (TPSA) is 174 Å². The largest absolute Gasteiger partial charge is 0.623 e. The molecule has 0 aromatic heterocycles. The minimum atomic E-state index is -0.912. The van der Waals surface area contributed by atoms with Crippen LogP contribution in [0.2, 0.25) is 0 Å². The summed E-state index contributed by atoms with van der Waals surface area (Å²) < 4.78 is 2.04. The highest BCUT2D eigenvalue weighted by Crippen LogP contribution is 2.41. The Morgan fingerprint density at radius 1 is 0.468 bits per heavy atom. The predicted molar refractivity (Wildman–Crippen MR) is 254 cm³/mol. The third kappa shape index (κ3) is 12.3. The molecule has 4 rings (SSSR count). The van der Waals surface area contributed by atoms with Crippen molar-refractivity contribution in [3.05, 3.63) is 103 Å². The second-order valence-electron chi connectivity index (χ2n) is 18.0. The maximum Gasteiger partial charge on any atom is 0.182 e. The van der Waals surface area contributed by atoms with Gasteiger partial charge in [-0.25, -0.2) is 9.48 Å². The van der Waals surface area contributed by atoms with Gasteiger partial charge in [-0.15, -0.1) is 0 Å². The average Bonchev–Trinajstić information content (AvgIpc) is 3.62. The highest BCUT2D eigenvalue weighted by atomic mass is 16.5. The highest BCUT2D eigenvalue weighted by Gasteiger charge is 2.39. The summed E-state index contributed by atoms with van der Waals surface area (Å²) in [6.07, 6.45) is 12.6. The second kappa shape index (κ2) is 24.1. The summed E-state index contributed by atoms with van der Waals surface area (Å²) >= 11 is 0. The molecule has 0 atom stereocenters. The molecule has 0 radical (unpaired) electrons. The molecule has 62 heavy (non-hydrogen) atoms. The number of hydrogen-bond donors (Lipinski definition) is 6. The van der Waals surface area contributed by atoms with Crippen molar-refractivity contribution in [1.29, 1.82) is 0 Å². The Kier molecular flexibility index (Phi) is 19.6. The van der Waals surface area contributed by atoms with E-state index in [-0.39, 0.29) is 51.5 Å². The van der Waals surface area contributed by atoms with Crippen molar-refractivity contribution in [2.45, 2.75) is 142 Å². The number of rotatable bonds is 26. The van der Waals surface area contributed by atoms with Crippen LogP contribution < -0.4 is 0 Å². The van der Waals surface area contributed by atoms with E-state index in [9.17, 15) is 41.1 Å². The van der Waals surface area contributed by atoms with Crippen LogP contribution in [-0.4, -0.2) is 103 Å². The molecular formula is C52H74N2O8. The first-order chi connectivity index (χ1) is 29.7. The summed E-state index contributed by atoms with van der Waals surface area (Å²) in [5.74, 6) is 0.459. The first-order valence-corrected chi connectivity index (χ1v) is 22.9. The summed E-state index contributed by atoms with van der Waals surface area (Å²) in [4.78, 5) is 0. The van der Waals surface area contributed by atoms with Gasteiger partial charge in [0, 0.05) is 89.3 Å². The van der Waals surface area contributed by atoms with E-state index in [4.69, 9.17) is 0 Å².